The molecule has 0 fully saturated rings. The van der Waals surface area contributed by atoms with Gasteiger partial charge in [-0.1, -0.05) is 46.3 Å². The highest BCUT2D eigenvalue weighted by atomic mass is 79.9. The average Bonchev–Trinajstić information content (AvgIpc) is 2.85. The van der Waals surface area contributed by atoms with Crippen molar-refractivity contribution in [3.8, 4) is 0 Å². The van der Waals surface area contributed by atoms with Gasteiger partial charge in [-0.05, 0) is 55.3 Å². The number of rotatable bonds is 8. The van der Waals surface area contributed by atoms with Crippen molar-refractivity contribution >= 4 is 56.5 Å². The SMILES string of the molecule is C/C(=N\Nc1nc(Nc2ccc([N+](=O)[O-])cc2)nc(Nc2ccccc2C)n1)c1ccc(Br)cc1. The number of para-hydroxylation sites is 1. The largest absolute Gasteiger partial charge is 0.324 e. The number of hydrogen-bond acceptors (Lipinski definition) is 9. The summed E-state index contributed by atoms with van der Waals surface area (Å²) in [5.41, 5.74) is 7.03. The molecule has 0 aliphatic carbocycles. The highest BCUT2D eigenvalue weighted by Gasteiger charge is 2.10. The summed E-state index contributed by atoms with van der Waals surface area (Å²) >= 11 is 3.43. The van der Waals surface area contributed by atoms with Crippen molar-refractivity contribution in [1.82, 2.24) is 15.0 Å². The summed E-state index contributed by atoms with van der Waals surface area (Å²) < 4.78 is 0.980. The molecule has 0 aliphatic heterocycles. The molecule has 1 heterocycles. The van der Waals surface area contributed by atoms with E-state index >= 15 is 0 Å². The average molecular weight is 533 g/mol. The molecule has 11 heteroatoms. The van der Waals surface area contributed by atoms with Crippen LogP contribution in [0.4, 0.5) is 34.9 Å². The van der Waals surface area contributed by atoms with Crippen molar-refractivity contribution in [3.05, 3.63) is 98.5 Å². The number of hydrazone groups is 1. The van der Waals surface area contributed by atoms with E-state index in [-0.39, 0.29) is 17.6 Å². The zero-order chi connectivity index (χ0) is 24.8. The number of nitro groups is 1. The maximum atomic E-state index is 10.9. The third kappa shape index (κ3) is 6.36. The molecule has 0 atom stereocenters. The van der Waals surface area contributed by atoms with Gasteiger partial charge in [0, 0.05) is 28.0 Å². The lowest BCUT2D eigenvalue weighted by Crippen LogP contribution is -2.08. The molecule has 0 bridgehead atoms. The third-order valence-electron chi connectivity index (χ3n) is 4.95. The zero-order valence-electron chi connectivity index (χ0n) is 18.9. The summed E-state index contributed by atoms with van der Waals surface area (Å²) in [6, 6.07) is 21.5. The predicted molar refractivity (Wildman–Crippen MR) is 141 cm³/mol. The predicted octanol–water partition coefficient (Wildman–Crippen LogP) is 6.17. The first-order chi connectivity index (χ1) is 16.9. The molecule has 10 nitrogen and oxygen atoms in total. The molecule has 0 radical (unpaired) electrons. The maximum absolute atomic E-state index is 10.9. The van der Waals surface area contributed by atoms with E-state index in [1.165, 1.54) is 12.1 Å². The van der Waals surface area contributed by atoms with Crippen molar-refractivity contribution < 1.29 is 4.92 Å². The first-order valence-electron chi connectivity index (χ1n) is 10.5. The van der Waals surface area contributed by atoms with Gasteiger partial charge in [0.05, 0.1) is 10.6 Å². The number of non-ortho nitro benzene ring substituents is 1. The lowest BCUT2D eigenvalue weighted by molar-refractivity contribution is -0.384. The van der Waals surface area contributed by atoms with Crippen LogP contribution in [0.2, 0.25) is 0 Å². The lowest BCUT2D eigenvalue weighted by atomic mass is 10.1. The van der Waals surface area contributed by atoms with Crippen molar-refractivity contribution in [2.75, 3.05) is 16.1 Å². The number of halogens is 1. The Hall–Kier alpha value is -4.38. The Morgan fingerprint density at radius 3 is 2.17 bits per heavy atom. The van der Waals surface area contributed by atoms with Gasteiger partial charge < -0.3 is 10.6 Å². The summed E-state index contributed by atoms with van der Waals surface area (Å²) in [5.74, 6) is 0.763. The van der Waals surface area contributed by atoms with Crippen molar-refractivity contribution in [2.24, 2.45) is 5.10 Å². The van der Waals surface area contributed by atoms with Gasteiger partial charge in [-0.3, -0.25) is 10.1 Å². The van der Waals surface area contributed by atoms with Crippen molar-refractivity contribution in [3.63, 3.8) is 0 Å². The molecule has 176 valence electrons. The first-order valence-corrected chi connectivity index (χ1v) is 11.3. The van der Waals surface area contributed by atoms with E-state index in [4.69, 9.17) is 0 Å². The Morgan fingerprint density at radius 1 is 0.886 bits per heavy atom. The minimum atomic E-state index is -0.454. The fourth-order valence-corrected chi connectivity index (χ4v) is 3.32. The van der Waals surface area contributed by atoms with Crippen LogP contribution in [0, 0.1) is 17.0 Å². The number of hydrogen-bond donors (Lipinski definition) is 3. The number of aryl methyl sites for hydroxylation is 1. The first kappa shape index (κ1) is 23.8. The van der Waals surface area contributed by atoms with Crippen molar-refractivity contribution in [1.29, 1.82) is 0 Å². The van der Waals surface area contributed by atoms with E-state index in [2.05, 4.69) is 52.0 Å². The summed E-state index contributed by atoms with van der Waals surface area (Å²) in [7, 11) is 0. The molecular formula is C24H21BrN8O2. The lowest BCUT2D eigenvalue weighted by Gasteiger charge is -2.11. The van der Waals surface area contributed by atoms with Crippen LogP contribution in [0.5, 0.6) is 0 Å². The fraction of sp³-hybridized carbons (Fsp3) is 0.0833. The number of benzene rings is 3. The molecule has 0 spiro atoms. The van der Waals surface area contributed by atoms with Crippen LogP contribution in [-0.2, 0) is 0 Å². The van der Waals surface area contributed by atoms with Gasteiger partial charge in [0.15, 0.2) is 0 Å². The molecule has 0 aliphatic rings. The highest BCUT2D eigenvalue weighted by molar-refractivity contribution is 9.10. The van der Waals surface area contributed by atoms with Crippen LogP contribution in [0.15, 0.2) is 82.4 Å². The Kier molecular flexibility index (Phi) is 7.27. The van der Waals surface area contributed by atoms with Crippen LogP contribution < -0.4 is 16.1 Å². The van der Waals surface area contributed by atoms with Gasteiger partial charge >= 0.3 is 0 Å². The minimum absolute atomic E-state index is 0.00628. The van der Waals surface area contributed by atoms with Crippen LogP contribution in [-0.4, -0.2) is 25.6 Å². The van der Waals surface area contributed by atoms with Gasteiger partial charge in [0.1, 0.15) is 0 Å². The van der Waals surface area contributed by atoms with E-state index < -0.39 is 4.92 Å². The molecular weight excluding hydrogens is 512 g/mol. The Balaban J connectivity index is 1.62. The maximum Gasteiger partial charge on any atom is 0.269 e. The number of anilines is 5. The van der Waals surface area contributed by atoms with Crippen LogP contribution in [0.3, 0.4) is 0 Å². The summed E-state index contributed by atoms with van der Waals surface area (Å²) in [6.45, 7) is 3.85. The third-order valence-corrected chi connectivity index (χ3v) is 5.48. The Bertz CT molecular complexity index is 1380. The monoisotopic (exact) mass is 532 g/mol. The van der Waals surface area contributed by atoms with Crippen molar-refractivity contribution in [2.45, 2.75) is 13.8 Å². The second kappa shape index (κ2) is 10.7. The topological polar surface area (TPSA) is 130 Å². The van der Waals surface area contributed by atoms with E-state index in [0.29, 0.717) is 11.6 Å². The van der Waals surface area contributed by atoms with E-state index in [0.717, 1.165) is 27.0 Å². The van der Waals surface area contributed by atoms with Crippen LogP contribution >= 0.6 is 15.9 Å². The van der Waals surface area contributed by atoms with E-state index in [9.17, 15) is 10.1 Å². The second-order valence-corrected chi connectivity index (χ2v) is 8.41. The number of nitro benzene ring substituents is 1. The van der Waals surface area contributed by atoms with Gasteiger partial charge in [-0.25, -0.2) is 5.43 Å². The molecule has 0 amide bonds. The number of aromatic nitrogens is 3. The molecule has 0 saturated carbocycles. The van der Waals surface area contributed by atoms with Crippen LogP contribution in [0.1, 0.15) is 18.1 Å². The molecule has 0 unspecified atom stereocenters. The molecule has 0 saturated heterocycles. The van der Waals surface area contributed by atoms with Crippen LogP contribution in [0.25, 0.3) is 0 Å². The standard InChI is InChI=1S/C24H21BrN8O2/c1-15-5-3-4-6-21(15)27-23-28-22(26-19-11-13-20(14-12-19)33(34)35)29-24(30-23)32-31-16(2)17-7-9-18(25)10-8-17/h3-14H,1-2H3,(H3,26,27,28,29,30,32)/b31-16+. The summed E-state index contributed by atoms with van der Waals surface area (Å²) in [5, 5.41) is 21.6. The van der Waals surface area contributed by atoms with E-state index in [1.807, 2.05) is 62.4 Å². The number of nitrogens with one attached hydrogen (secondary N) is 3. The molecule has 35 heavy (non-hydrogen) atoms. The molecule has 1 aromatic heterocycles. The van der Waals surface area contributed by atoms with Gasteiger partial charge in [-0.15, -0.1) is 0 Å². The number of nitrogens with zero attached hydrogens (tertiary/aromatic N) is 5. The second-order valence-electron chi connectivity index (χ2n) is 7.49. The van der Waals surface area contributed by atoms with Gasteiger partial charge in [-0.2, -0.15) is 20.1 Å². The normalized spacial score (nSPS) is 11.1. The van der Waals surface area contributed by atoms with Gasteiger partial charge in [0.2, 0.25) is 17.8 Å². The molecule has 3 N–H and O–H groups in total. The van der Waals surface area contributed by atoms with E-state index in [1.54, 1.807) is 12.1 Å². The summed E-state index contributed by atoms with van der Waals surface area (Å²) in [6.07, 6.45) is 0. The molecule has 4 aromatic rings. The molecule has 3 aromatic carbocycles. The van der Waals surface area contributed by atoms with Gasteiger partial charge in [0.25, 0.3) is 5.69 Å². The smallest absolute Gasteiger partial charge is 0.269 e. The summed E-state index contributed by atoms with van der Waals surface area (Å²) in [4.78, 5) is 23.8. The Morgan fingerprint density at radius 2 is 1.51 bits per heavy atom. The molecule has 4 rings (SSSR count). The zero-order valence-corrected chi connectivity index (χ0v) is 20.4. The fourth-order valence-electron chi connectivity index (χ4n) is 3.06. The quantitative estimate of drug-likeness (QED) is 0.139. The minimum Gasteiger partial charge on any atom is -0.324 e. The highest BCUT2D eigenvalue weighted by Crippen LogP contribution is 2.22. The Labute approximate surface area is 209 Å².